The smallest absolute Gasteiger partial charge is 0.253 e. The number of hydrogen-bond acceptors (Lipinski definition) is 4. The quantitative estimate of drug-likeness (QED) is 0.778. The summed E-state index contributed by atoms with van der Waals surface area (Å²) in [6, 6.07) is 11.0. The molecular weight excluding hydrogens is 360 g/mol. The van der Waals surface area contributed by atoms with E-state index >= 15 is 0 Å². The lowest BCUT2D eigenvalue weighted by molar-refractivity contribution is 0.0757. The van der Waals surface area contributed by atoms with Gasteiger partial charge in [-0.25, -0.2) is 0 Å². The van der Waals surface area contributed by atoms with Crippen LogP contribution in [0.15, 0.2) is 41.1 Å². The summed E-state index contributed by atoms with van der Waals surface area (Å²) in [6.07, 6.45) is 3.70. The van der Waals surface area contributed by atoms with E-state index < -0.39 is 0 Å². The summed E-state index contributed by atoms with van der Waals surface area (Å²) in [6.45, 7) is 3.89. The second-order valence-corrected chi connectivity index (χ2v) is 9.12. The zero-order valence-corrected chi connectivity index (χ0v) is 16.7. The topological polar surface area (TPSA) is 23.6 Å². The molecule has 138 valence electrons. The van der Waals surface area contributed by atoms with Crippen molar-refractivity contribution in [3.05, 3.63) is 46.7 Å². The van der Waals surface area contributed by atoms with Crippen LogP contribution in [0.25, 0.3) is 11.1 Å². The molecule has 2 aliphatic heterocycles. The maximum Gasteiger partial charge on any atom is 0.253 e. The molecule has 0 unspecified atom stereocenters. The van der Waals surface area contributed by atoms with Crippen LogP contribution in [0, 0.1) is 0 Å². The van der Waals surface area contributed by atoms with Gasteiger partial charge in [0.1, 0.15) is 0 Å². The fraction of sp³-hybridized carbons (Fsp3) is 0.476. The SMILES string of the molecule is O=C(c1ccc(-c2ccsc2)cc1)N1CCCN(C2CCSCC2)CC1. The zero-order valence-electron chi connectivity index (χ0n) is 15.1. The van der Waals surface area contributed by atoms with Gasteiger partial charge >= 0.3 is 0 Å². The Morgan fingerprint density at radius 3 is 2.46 bits per heavy atom. The number of carbonyl (C=O) groups excluding carboxylic acids is 1. The van der Waals surface area contributed by atoms with Gasteiger partial charge in [0.15, 0.2) is 0 Å². The van der Waals surface area contributed by atoms with Crippen LogP contribution in [0.4, 0.5) is 0 Å². The average molecular weight is 387 g/mol. The molecule has 0 aliphatic carbocycles. The molecule has 0 saturated carbocycles. The van der Waals surface area contributed by atoms with Crippen LogP contribution in [0.5, 0.6) is 0 Å². The lowest BCUT2D eigenvalue weighted by atomic mass is 10.1. The third-order valence-corrected chi connectivity index (χ3v) is 7.24. The van der Waals surface area contributed by atoms with Crippen molar-refractivity contribution in [2.24, 2.45) is 0 Å². The second-order valence-electron chi connectivity index (χ2n) is 7.11. The number of amides is 1. The number of thioether (sulfide) groups is 1. The Labute approximate surface area is 164 Å². The van der Waals surface area contributed by atoms with Gasteiger partial charge < -0.3 is 4.90 Å². The van der Waals surface area contributed by atoms with Crippen molar-refractivity contribution in [1.29, 1.82) is 0 Å². The molecule has 0 spiro atoms. The van der Waals surface area contributed by atoms with Crippen LogP contribution in [0.3, 0.4) is 0 Å². The Bertz CT molecular complexity index is 708. The van der Waals surface area contributed by atoms with Crippen LogP contribution in [0.2, 0.25) is 0 Å². The maximum atomic E-state index is 12.9. The number of carbonyl (C=O) groups is 1. The first-order valence-corrected chi connectivity index (χ1v) is 11.6. The molecule has 0 bridgehead atoms. The molecular formula is C21H26N2OS2. The van der Waals surface area contributed by atoms with Gasteiger partial charge in [-0.2, -0.15) is 23.1 Å². The van der Waals surface area contributed by atoms with Crippen LogP contribution >= 0.6 is 23.1 Å². The molecule has 2 aromatic rings. The van der Waals surface area contributed by atoms with Gasteiger partial charge in [0.2, 0.25) is 0 Å². The van der Waals surface area contributed by atoms with Crippen LogP contribution in [-0.2, 0) is 0 Å². The van der Waals surface area contributed by atoms with E-state index in [1.54, 1.807) is 11.3 Å². The van der Waals surface area contributed by atoms with Crippen LogP contribution < -0.4 is 0 Å². The number of nitrogens with zero attached hydrogens (tertiary/aromatic N) is 2. The first kappa shape index (κ1) is 18.1. The highest BCUT2D eigenvalue weighted by molar-refractivity contribution is 7.99. The average Bonchev–Trinajstić information content (AvgIpc) is 3.13. The van der Waals surface area contributed by atoms with E-state index in [2.05, 4.69) is 50.5 Å². The van der Waals surface area contributed by atoms with Crippen molar-refractivity contribution in [3.63, 3.8) is 0 Å². The van der Waals surface area contributed by atoms with E-state index in [9.17, 15) is 4.79 Å². The number of thiophene rings is 1. The molecule has 26 heavy (non-hydrogen) atoms. The van der Waals surface area contributed by atoms with E-state index in [-0.39, 0.29) is 5.91 Å². The molecule has 4 rings (SSSR count). The van der Waals surface area contributed by atoms with E-state index in [1.165, 1.54) is 35.5 Å². The number of rotatable bonds is 3. The molecule has 5 heteroatoms. The van der Waals surface area contributed by atoms with Gasteiger partial charge in [0, 0.05) is 37.8 Å². The van der Waals surface area contributed by atoms with E-state index in [4.69, 9.17) is 0 Å². The van der Waals surface area contributed by atoms with Crippen LogP contribution in [-0.4, -0.2) is 59.4 Å². The van der Waals surface area contributed by atoms with Gasteiger partial charge in [-0.05, 0) is 70.9 Å². The van der Waals surface area contributed by atoms with Gasteiger partial charge in [0.25, 0.3) is 5.91 Å². The van der Waals surface area contributed by atoms with E-state index in [1.807, 2.05) is 12.1 Å². The van der Waals surface area contributed by atoms with Crippen molar-refractivity contribution in [2.75, 3.05) is 37.7 Å². The first-order chi connectivity index (χ1) is 12.8. The number of benzene rings is 1. The summed E-state index contributed by atoms with van der Waals surface area (Å²) in [5.74, 6) is 2.77. The monoisotopic (exact) mass is 386 g/mol. The molecule has 0 N–H and O–H groups in total. The summed E-state index contributed by atoms with van der Waals surface area (Å²) in [7, 11) is 0. The van der Waals surface area contributed by atoms with Gasteiger partial charge in [0.05, 0.1) is 0 Å². The standard InChI is InChI=1S/C21H26N2OS2/c24-21(18-4-2-17(3-5-18)19-6-13-26-16-19)23-10-1-9-22(11-12-23)20-7-14-25-15-8-20/h2-6,13,16,20H,1,7-12,14-15H2. The highest BCUT2D eigenvalue weighted by atomic mass is 32.2. The van der Waals surface area contributed by atoms with Gasteiger partial charge in [-0.3, -0.25) is 9.69 Å². The minimum absolute atomic E-state index is 0.183. The summed E-state index contributed by atoms with van der Waals surface area (Å²) in [5, 5.41) is 4.23. The molecule has 1 amide bonds. The summed E-state index contributed by atoms with van der Waals surface area (Å²) in [4.78, 5) is 17.6. The Morgan fingerprint density at radius 2 is 1.73 bits per heavy atom. The molecule has 1 aromatic carbocycles. The van der Waals surface area contributed by atoms with Crippen molar-refractivity contribution < 1.29 is 4.79 Å². The largest absolute Gasteiger partial charge is 0.337 e. The molecule has 3 heterocycles. The lowest BCUT2D eigenvalue weighted by Gasteiger charge is -2.33. The highest BCUT2D eigenvalue weighted by Gasteiger charge is 2.25. The van der Waals surface area contributed by atoms with E-state index in [0.29, 0.717) is 0 Å². The number of hydrogen-bond donors (Lipinski definition) is 0. The summed E-state index contributed by atoms with van der Waals surface area (Å²) in [5.41, 5.74) is 3.22. The predicted octanol–water partition coefficient (Wildman–Crippen LogP) is 4.46. The third-order valence-electron chi connectivity index (χ3n) is 5.51. The Morgan fingerprint density at radius 1 is 0.923 bits per heavy atom. The van der Waals surface area contributed by atoms with Crippen molar-refractivity contribution in [2.45, 2.75) is 25.3 Å². The minimum atomic E-state index is 0.183. The Kier molecular flexibility index (Phi) is 5.98. The van der Waals surface area contributed by atoms with Gasteiger partial charge in [-0.15, -0.1) is 0 Å². The Hall–Kier alpha value is -1.30. The third kappa shape index (κ3) is 4.16. The van der Waals surface area contributed by atoms with Crippen molar-refractivity contribution in [1.82, 2.24) is 9.80 Å². The van der Waals surface area contributed by atoms with Crippen molar-refractivity contribution in [3.8, 4) is 11.1 Å². The molecule has 0 radical (unpaired) electrons. The van der Waals surface area contributed by atoms with Gasteiger partial charge in [-0.1, -0.05) is 12.1 Å². The zero-order chi connectivity index (χ0) is 17.8. The molecule has 3 nitrogen and oxygen atoms in total. The summed E-state index contributed by atoms with van der Waals surface area (Å²) >= 11 is 3.78. The van der Waals surface area contributed by atoms with E-state index in [0.717, 1.165) is 44.2 Å². The fourth-order valence-electron chi connectivity index (χ4n) is 3.97. The highest BCUT2D eigenvalue weighted by Crippen LogP contribution is 2.24. The van der Waals surface area contributed by atoms with Crippen LogP contribution in [0.1, 0.15) is 29.6 Å². The molecule has 2 saturated heterocycles. The second kappa shape index (κ2) is 8.59. The Balaban J connectivity index is 1.38. The molecule has 2 fully saturated rings. The minimum Gasteiger partial charge on any atom is -0.337 e. The molecule has 0 atom stereocenters. The molecule has 2 aliphatic rings. The molecule has 1 aromatic heterocycles. The van der Waals surface area contributed by atoms with Crippen molar-refractivity contribution >= 4 is 29.0 Å². The fourth-order valence-corrected chi connectivity index (χ4v) is 5.72. The lowest BCUT2D eigenvalue weighted by Crippen LogP contribution is -2.41. The summed E-state index contributed by atoms with van der Waals surface area (Å²) < 4.78 is 0. The normalized spacial score (nSPS) is 20.1. The predicted molar refractivity (Wildman–Crippen MR) is 112 cm³/mol. The first-order valence-electron chi connectivity index (χ1n) is 9.55. The maximum absolute atomic E-state index is 12.9.